The molecular formula is C17H14FNO2. The summed E-state index contributed by atoms with van der Waals surface area (Å²) >= 11 is 0. The van der Waals surface area contributed by atoms with Gasteiger partial charge < -0.3 is 10.4 Å². The van der Waals surface area contributed by atoms with Crippen LogP contribution < -0.4 is 5.32 Å². The van der Waals surface area contributed by atoms with Crippen LogP contribution in [0.4, 0.5) is 10.1 Å². The zero-order valence-corrected chi connectivity index (χ0v) is 11.3. The number of hydrogen-bond acceptors (Lipinski definition) is 2. The van der Waals surface area contributed by atoms with E-state index in [1.807, 2.05) is 0 Å². The predicted molar refractivity (Wildman–Crippen MR) is 79.4 cm³/mol. The zero-order valence-electron chi connectivity index (χ0n) is 11.3. The van der Waals surface area contributed by atoms with Crippen molar-refractivity contribution in [2.24, 2.45) is 0 Å². The molecule has 0 fully saturated rings. The molecule has 2 aromatic rings. The van der Waals surface area contributed by atoms with Gasteiger partial charge >= 0.3 is 0 Å². The second-order valence-corrected chi connectivity index (χ2v) is 4.29. The van der Waals surface area contributed by atoms with Gasteiger partial charge in [-0.05, 0) is 30.3 Å². The van der Waals surface area contributed by atoms with Gasteiger partial charge in [-0.25, -0.2) is 4.39 Å². The summed E-state index contributed by atoms with van der Waals surface area (Å²) in [7, 11) is 0. The van der Waals surface area contributed by atoms with E-state index in [0.717, 1.165) is 0 Å². The highest BCUT2D eigenvalue weighted by molar-refractivity contribution is 6.05. The van der Waals surface area contributed by atoms with Crippen LogP contribution in [0.2, 0.25) is 0 Å². The minimum Gasteiger partial charge on any atom is -0.395 e. The number of rotatable bonds is 3. The third-order valence-electron chi connectivity index (χ3n) is 2.71. The molecule has 1 amide bonds. The van der Waals surface area contributed by atoms with E-state index in [1.165, 1.54) is 18.2 Å². The molecule has 2 N–H and O–H groups in total. The van der Waals surface area contributed by atoms with Gasteiger partial charge in [-0.3, -0.25) is 4.79 Å². The highest BCUT2D eigenvalue weighted by Crippen LogP contribution is 2.13. The normalized spacial score (nSPS) is 9.62. The Hall–Kier alpha value is -2.64. The maximum atomic E-state index is 13.1. The number of benzene rings is 2. The van der Waals surface area contributed by atoms with Gasteiger partial charge in [0.1, 0.15) is 5.82 Å². The van der Waals surface area contributed by atoms with Crippen molar-refractivity contribution in [1.82, 2.24) is 0 Å². The smallest absolute Gasteiger partial charge is 0.256 e. The molecule has 21 heavy (non-hydrogen) atoms. The van der Waals surface area contributed by atoms with Crippen LogP contribution in [-0.4, -0.2) is 17.6 Å². The maximum absolute atomic E-state index is 13.1. The second-order valence-electron chi connectivity index (χ2n) is 4.29. The molecule has 0 spiro atoms. The molecule has 0 radical (unpaired) electrons. The van der Waals surface area contributed by atoms with Crippen LogP contribution in [0.15, 0.2) is 48.5 Å². The van der Waals surface area contributed by atoms with Crippen LogP contribution in [0.1, 0.15) is 22.3 Å². The van der Waals surface area contributed by atoms with Gasteiger partial charge in [-0.1, -0.05) is 30.0 Å². The Labute approximate surface area is 122 Å². The molecule has 0 bridgehead atoms. The van der Waals surface area contributed by atoms with Crippen LogP contribution in [0.5, 0.6) is 0 Å². The molecule has 0 aliphatic carbocycles. The minimum absolute atomic E-state index is 0.0232. The van der Waals surface area contributed by atoms with E-state index in [9.17, 15) is 9.18 Å². The van der Waals surface area contributed by atoms with E-state index >= 15 is 0 Å². The molecule has 0 aliphatic heterocycles. The number of hydrogen-bond donors (Lipinski definition) is 2. The van der Waals surface area contributed by atoms with Gasteiger partial charge in [-0.15, -0.1) is 0 Å². The van der Waals surface area contributed by atoms with Crippen LogP contribution >= 0.6 is 0 Å². The summed E-state index contributed by atoms with van der Waals surface area (Å²) in [5.41, 5.74) is 1.37. The summed E-state index contributed by atoms with van der Waals surface area (Å²) < 4.78 is 13.1. The number of aliphatic hydroxyl groups excluding tert-OH is 1. The Bertz CT molecular complexity index is 701. The number of carbonyl (C=O) groups excluding carboxylic acids is 1. The molecule has 0 heterocycles. The second kappa shape index (κ2) is 7.22. The zero-order chi connectivity index (χ0) is 15.1. The SMILES string of the molecule is O=C(Nc1cccc(F)c1)c1ccccc1C#CCCO. The van der Waals surface area contributed by atoms with Crippen LogP contribution in [-0.2, 0) is 0 Å². The van der Waals surface area contributed by atoms with Crippen LogP contribution in [0.3, 0.4) is 0 Å². The molecule has 2 aromatic carbocycles. The summed E-state index contributed by atoms with van der Waals surface area (Å²) in [5.74, 6) is 4.86. The Kier molecular flexibility index (Phi) is 5.08. The number of halogens is 1. The van der Waals surface area contributed by atoms with Crippen molar-refractivity contribution in [3.05, 3.63) is 65.5 Å². The molecule has 0 atom stereocenters. The summed E-state index contributed by atoms with van der Waals surface area (Å²) in [6, 6.07) is 12.6. The monoisotopic (exact) mass is 283 g/mol. The Balaban J connectivity index is 2.22. The van der Waals surface area contributed by atoms with E-state index < -0.39 is 5.82 Å². The van der Waals surface area contributed by atoms with E-state index in [-0.39, 0.29) is 12.5 Å². The van der Waals surface area contributed by atoms with Crippen molar-refractivity contribution in [3.8, 4) is 11.8 Å². The molecule has 106 valence electrons. The molecule has 2 rings (SSSR count). The van der Waals surface area contributed by atoms with Crippen molar-refractivity contribution in [2.45, 2.75) is 6.42 Å². The van der Waals surface area contributed by atoms with Crippen molar-refractivity contribution < 1.29 is 14.3 Å². The first-order valence-electron chi connectivity index (χ1n) is 6.46. The molecule has 0 unspecified atom stereocenters. The molecule has 0 aromatic heterocycles. The van der Waals surface area contributed by atoms with Crippen molar-refractivity contribution in [3.63, 3.8) is 0 Å². The predicted octanol–water partition coefficient (Wildman–Crippen LogP) is 2.81. The molecule has 4 heteroatoms. The third kappa shape index (κ3) is 4.16. The number of nitrogens with one attached hydrogen (secondary N) is 1. The van der Waals surface area contributed by atoms with Gasteiger partial charge in [0.05, 0.1) is 12.2 Å². The Morgan fingerprint density at radius 2 is 2.00 bits per heavy atom. The first-order valence-corrected chi connectivity index (χ1v) is 6.46. The maximum Gasteiger partial charge on any atom is 0.256 e. The van der Waals surface area contributed by atoms with Gasteiger partial charge in [0.15, 0.2) is 0 Å². The highest BCUT2D eigenvalue weighted by atomic mass is 19.1. The fourth-order valence-corrected chi connectivity index (χ4v) is 1.77. The van der Waals surface area contributed by atoms with Gasteiger partial charge in [-0.2, -0.15) is 0 Å². The van der Waals surface area contributed by atoms with Crippen molar-refractivity contribution in [1.29, 1.82) is 0 Å². The lowest BCUT2D eigenvalue weighted by Crippen LogP contribution is -2.13. The Morgan fingerprint density at radius 3 is 2.76 bits per heavy atom. The fourth-order valence-electron chi connectivity index (χ4n) is 1.77. The summed E-state index contributed by atoms with van der Waals surface area (Å²) in [4.78, 5) is 12.2. The van der Waals surface area contributed by atoms with Crippen molar-refractivity contribution >= 4 is 11.6 Å². The number of carbonyl (C=O) groups is 1. The fraction of sp³-hybridized carbons (Fsp3) is 0.118. The minimum atomic E-state index is -0.413. The molecule has 0 aliphatic rings. The first-order chi connectivity index (χ1) is 10.2. The number of anilines is 1. The van der Waals surface area contributed by atoms with Gasteiger partial charge in [0, 0.05) is 17.7 Å². The van der Waals surface area contributed by atoms with E-state index in [2.05, 4.69) is 17.2 Å². The van der Waals surface area contributed by atoms with E-state index in [0.29, 0.717) is 23.2 Å². The lowest BCUT2D eigenvalue weighted by atomic mass is 10.1. The quantitative estimate of drug-likeness (QED) is 0.851. The van der Waals surface area contributed by atoms with Gasteiger partial charge in [0.25, 0.3) is 5.91 Å². The van der Waals surface area contributed by atoms with Crippen LogP contribution in [0.25, 0.3) is 0 Å². The summed E-state index contributed by atoms with van der Waals surface area (Å²) in [6.45, 7) is -0.0232. The number of aliphatic hydroxyl groups is 1. The average Bonchev–Trinajstić information content (AvgIpc) is 2.48. The van der Waals surface area contributed by atoms with Gasteiger partial charge in [0.2, 0.25) is 0 Å². The molecule has 0 saturated carbocycles. The average molecular weight is 283 g/mol. The third-order valence-corrected chi connectivity index (χ3v) is 2.71. The molecule has 0 saturated heterocycles. The van der Waals surface area contributed by atoms with Crippen molar-refractivity contribution in [2.75, 3.05) is 11.9 Å². The first kappa shape index (κ1) is 14.8. The largest absolute Gasteiger partial charge is 0.395 e. The standard InChI is InChI=1S/C17H14FNO2/c18-14-8-5-9-15(12-14)19-17(21)16-10-2-1-6-13(16)7-3-4-11-20/h1-2,5-6,8-10,12,20H,4,11H2,(H,19,21). The van der Waals surface area contributed by atoms with E-state index in [4.69, 9.17) is 5.11 Å². The molecular weight excluding hydrogens is 269 g/mol. The molecule has 3 nitrogen and oxygen atoms in total. The summed E-state index contributed by atoms with van der Waals surface area (Å²) in [6.07, 6.45) is 0.347. The van der Waals surface area contributed by atoms with E-state index in [1.54, 1.807) is 30.3 Å². The Morgan fingerprint density at radius 1 is 1.19 bits per heavy atom. The lowest BCUT2D eigenvalue weighted by Gasteiger charge is -2.07. The summed E-state index contributed by atoms with van der Waals surface area (Å²) in [5, 5.41) is 11.4. The topological polar surface area (TPSA) is 49.3 Å². The van der Waals surface area contributed by atoms with Crippen LogP contribution in [0, 0.1) is 17.7 Å². The number of amides is 1. The highest BCUT2D eigenvalue weighted by Gasteiger charge is 2.10. The lowest BCUT2D eigenvalue weighted by molar-refractivity contribution is 0.102.